The quantitative estimate of drug-likeness (QED) is 0.577. The van der Waals surface area contributed by atoms with Crippen LogP contribution in [0, 0.1) is 0 Å². The van der Waals surface area contributed by atoms with Gasteiger partial charge in [-0.1, -0.05) is 12.1 Å². The van der Waals surface area contributed by atoms with Gasteiger partial charge in [-0.05, 0) is 44.9 Å². The zero-order valence-electron chi connectivity index (χ0n) is 13.8. The fourth-order valence-electron chi connectivity index (χ4n) is 2.34. The van der Waals surface area contributed by atoms with Gasteiger partial charge in [-0.3, -0.25) is 0 Å². The second kappa shape index (κ2) is 7.53. The minimum Gasteiger partial charge on any atom is -0.444 e. The highest BCUT2D eigenvalue weighted by atomic mass is 32.2. The largest absolute Gasteiger partial charge is 0.444 e. The Morgan fingerprint density at radius 3 is 2.65 bits per heavy atom. The van der Waals surface area contributed by atoms with Crippen LogP contribution in [-0.2, 0) is 4.74 Å². The third kappa shape index (κ3) is 5.39. The summed E-state index contributed by atoms with van der Waals surface area (Å²) < 4.78 is 5.41. The van der Waals surface area contributed by atoms with Crippen molar-refractivity contribution in [3.05, 3.63) is 29.8 Å². The summed E-state index contributed by atoms with van der Waals surface area (Å²) in [6.07, 6.45) is 0.128. The predicted molar refractivity (Wildman–Crippen MR) is 90.4 cm³/mol. The average Bonchev–Trinajstić information content (AvgIpc) is 2.94. The van der Waals surface area contributed by atoms with Gasteiger partial charge in [0.2, 0.25) is 0 Å². The van der Waals surface area contributed by atoms with Crippen LogP contribution in [0.4, 0.5) is 4.79 Å². The lowest BCUT2D eigenvalue weighted by molar-refractivity contribution is 0.0295. The molecule has 23 heavy (non-hydrogen) atoms. The van der Waals surface area contributed by atoms with E-state index in [2.05, 4.69) is 0 Å². The molecule has 0 spiro atoms. The molecule has 7 heteroatoms. The van der Waals surface area contributed by atoms with Gasteiger partial charge in [-0.15, -0.1) is 11.8 Å². The summed E-state index contributed by atoms with van der Waals surface area (Å²) in [5.74, 6) is 0. The minimum absolute atomic E-state index is 0.240. The molecule has 2 rings (SSSR count). The molecule has 1 aliphatic heterocycles. The van der Waals surface area contributed by atoms with Gasteiger partial charge in [0.1, 0.15) is 11.8 Å². The van der Waals surface area contributed by atoms with E-state index in [0.717, 1.165) is 23.4 Å². The van der Waals surface area contributed by atoms with Crippen molar-refractivity contribution >= 4 is 17.9 Å². The Morgan fingerprint density at radius 1 is 1.43 bits per heavy atom. The van der Waals surface area contributed by atoms with Crippen LogP contribution in [0.15, 0.2) is 29.2 Å². The molecule has 1 aliphatic rings. The molecule has 1 unspecified atom stereocenters. The molecular weight excluding hydrogens is 314 g/mol. The van der Waals surface area contributed by atoms with Crippen LogP contribution in [0.3, 0.4) is 0 Å². The van der Waals surface area contributed by atoms with Crippen molar-refractivity contribution in [1.82, 2.24) is 10.4 Å². The number of carbonyl (C=O) groups is 1. The predicted octanol–water partition coefficient (Wildman–Crippen LogP) is 2.72. The van der Waals surface area contributed by atoms with Crippen LogP contribution in [0.1, 0.15) is 38.9 Å². The summed E-state index contributed by atoms with van der Waals surface area (Å²) in [5.41, 5.74) is 8.06. The molecule has 1 saturated heterocycles. The summed E-state index contributed by atoms with van der Waals surface area (Å²) in [6, 6.07) is 7.73. The molecule has 4 N–H and O–H groups in total. The van der Waals surface area contributed by atoms with E-state index < -0.39 is 11.8 Å². The van der Waals surface area contributed by atoms with Crippen molar-refractivity contribution in [1.29, 1.82) is 0 Å². The van der Waals surface area contributed by atoms with Gasteiger partial charge >= 0.3 is 6.09 Å². The third-order valence-electron chi connectivity index (χ3n) is 3.48. The lowest BCUT2D eigenvalue weighted by Crippen LogP contribution is -2.35. The number of nitrogens with zero attached hydrogens (tertiary/aromatic N) is 1. The molecule has 1 heterocycles. The second-order valence-corrected chi connectivity index (χ2v) is 8.00. The second-order valence-electron chi connectivity index (χ2n) is 6.63. The van der Waals surface area contributed by atoms with E-state index in [1.165, 1.54) is 0 Å². The fourth-order valence-corrected chi connectivity index (χ4v) is 3.49. The number of rotatable bonds is 4. The van der Waals surface area contributed by atoms with E-state index in [1.807, 2.05) is 50.5 Å². The molecule has 1 amide bonds. The van der Waals surface area contributed by atoms with Crippen LogP contribution in [-0.4, -0.2) is 40.1 Å². The molecule has 1 aromatic rings. The lowest BCUT2D eigenvalue weighted by Gasteiger charge is -2.24. The van der Waals surface area contributed by atoms with Gasteiger partial charge in [0.15, 0.2) is 0 Å². The standard InChI is InChI=1S/C16H25N3O3S/c1-16(2,3)22-15(20)19-9-8-13(10-19)23-12-6-4-11(5-7-12)14(17)18-21/h4-7,13-14,18,21H,8-10,17H2,1-3H3/t13-,14?/m1/s1. The maximum atomic E-state index is 12.1. The average molecular weight is 339 g/mol. The first-order chi connectivity index (χ1) is 10.8. The molecule has 0 aromatic heterocycles. The number of carbonyl (C=O) groups excluding carboxylic acids is 1. The van der Waals surface area contributed by atoms with E-state index in [-0.39, 0.29) is 6.09 Å². The van der Waals surface area contributed by atoms with Crippen molar-refractivity contribution in [3.63, 3.8) is 0 Å². The van der Waals surface area contributed by atoms with Crippen molar-refractivity contribution in [2.45, 2.75) is 49.1 Å². The first kappa shape index (κ1) is 18.1. The van der Waals surface area contributed by atoms with Gasteiger partial charge in [-0.25, -0.2) is 4.79 Å². The van der Waals surface area contributed by atoms with Crippen molar-refractivity contribution in [2.24, 2.45) is 5.73 Å². The fraction of sp³-hybridized carbons (Fsp3) is 0.562. The van der Waals surface area contributed by atoms with Gasteiger partial charge in [0.05, 0.1) is 0 Å². The number of likely N-dealkylation sites (tertiary alicyclic amines) is 1. The Kier molecular flexibility index (Phi) is 5.91. The van der Waals surface area contributed by atoms with E-state index in [0.29, 0.717) is 11.8 Å². The number of amides is 1. The Balaban J connectivity index is 1.87. The maximum Gasteiger partial charge on any atom is 0.410 e. The van der Waals surface area contributed by atoms with Crippen LogP contribution in [0.25, 0.3) is 0 Å². The maximum absolute atomic E-state index is 12.1. The molecule has 0 saturated carbocycles. The topological polar surface area (TPSA) is 87.8 Å². The summed E-state index contributed by atoms with van der Waals surface area (Å²) in [4.78, 5) is 14.9. The summed E-state index contributed by atoms with van der Waals surface area (Å²) in [7, 11) is 0. The van der Waals surface area contributed by atoms with Crippen molar-refractivity contribution in [3.8, 4) is 0 Å². The lowest BCUT2D eigenvalue weighted by atomic mass is 10.2. The van der Waals surface area contributed by atoms with E-state index >= 15 is 0 Å². The number of hydrogen-bond acceptors (Lipinski definition) is 6. The number of benzene rings is 1. The van der Waals surface area contributed by atoms with Crippen LogP contribution >= 0.6 is 11.8 Å². The molecule has 0 radical (unpaired) electrons. The highest BCUT2D eigenvalue weighted by Gasteiger charge is 2.30. The van der Waals surface area contributed by atoms with Crippen LogP contribution in [0.2, 0.25) is 0 Å². The first-order valence-electron chi connectivity index (χ1n) is 7.68. The number of nitrogens with one attached hydrogen (secondary N) is 1. The summed E-state index contributed by atoms with van der Waals surface area (Å²) >= 11 is 1.75. The molecule has 1 fully saturated rings. The smallest absolute Gasteiger partial charge is 0.410 e. The highest BCUT2D eigenvalue weighted by Crippen LogP contribution is 2.30. The monoisotopic (exact) mass is 339 g/mol. The van der Waals surface area contributed by atoms with E-state index in [1.54, 1.807) is 16.7 Å². The molecule has 1 aromatic carbocycles. The number of hydroxylamine groups is 1. The number of nitrogens with two attached hydrogens (primary N) is 1. The Morgan fingerprint density at radius 2 is 2.09 bits per heavy atom. The van der Waals surface area contributed by atoms with Gasteiger partial charge in [0, 0.05) is 23.2 Å². The zero-order chi connectivity index (χ0) is 17.0. The first-order valence-corrected chi connectivity index (χ1v) is 8.56. The summed E-state index contributed by atoms with van der Waals surface area (Å²) in [5, 5.41) is 9.18. The number of thioether (sulfide) groups is 1. The molecule has 0 bridgehead atoms. The molecular formula is C16H25N3O3S. The molecule has 128 valence electrons. The minimum atomic E-state index is -0.580. The molecule has 0 aliphatic carbocycles. The summed E-state index contributed by atoms with van der Waals surface area (Å²) in [6.45, 7) is 7.05. The van der Waals surface area contributed by atoms with E-state index in [9.17, 15) is 4.79 Å². The zero-order valence-corrected chi connectivity index (χ0v) is 14.6. The van der Waals surface area contributed by atoms with Gasteiger partial charge < -0.3 is 20.6 Å². The van der Waals surface area contributed by atoms with Gasteiger partial charge in [0.25, 0.3) is 0 Å². The SMILES string of the molecule is CC(C)(C)OC(=O)N1CC[C@@H](Sc2ccc(C(N)NO)cc2)C1. The number of ether oxygens (including phenoxy) is 1. The van der Waals surface area contributed by atoms with Crippen LogP contribution in [0.5, 0.6) is 0 Å². The Labute approximate surface area is 141 Å². The Bertz CT molecular complexity index is 530. The highest BCUT2D eigenvalue weighted by molar-refractivity contribution is 8.00. The molecule has 6 nitrogen and oxygen atoms in total. The number of hydrogen-bond donors (Lipinski definition) is 3. The van der Waals surface area contributed by atoms with Gasteiger partial charge in [-0.2, -0.15) is 5.48 Å². The van der Waals surface area contributed by atoms with Crippen molar-refractivity contribution in [2.75, 3.05) is 13.1 Å². The molecule has 2 atom stereocenters. The third-order valence-corrected chi connectivity index (χ3v) is 4.74. The van der Waals surface area contributed by atoms with E-state index in [4.69, 9.17) is 15.7 Å². The van der Waals surface area contributed by atoms with Crippen LogP contribution < -0.4 is 11.2 Å². The normalized spacial score (nSPS) is 19.7. The van der Waals surface area contributed by atoms with Crippen molar-refractivity contribution < 1.29 is 14.7 Å². The Hall–Kier alpha value is -1.28.